The Morgan fingerprint density at radius 3 is 2.82 bits per heavy atom. The van der Waals surface area contributed by atoms with Crippen LogP contribution in [0.4, 0.5) is 0 Å². The van der Waals surface area contributed by atoms with Crippen LogP contribution in [0.25, 0.3) is 0 Å². The first kappa shape index (κ1) is 12.4. The van der Waals surface area contributed by atoms with Gasteiger partial charge in [-0.25, -0.2) is 4.98 Å². The van der Waals surface area contributed by atoms with Gasteiger partial charge >= 0.3 is 0 Å². The first-order valence-corrected chi connectivity index (χ1v) is 6.03. The lowest BCUT2D eigenvalue weighted by Crippen LogP contribution is -2.15. The quantitative estimate of drug-likeness (QED) is 0.925. The molecule has 17 heavy (non-hydrogen) atoms. The average Bonchev–Trinajstić information content (AvgIpc) is 2.70. The second kappa shape index (κ2) is 5.54. The van der Waals surface area contributed by atoms with E-state index in [-0.39, 0.29) is 0 Å². The van der Waals surface area contributed by atoms with E-state index in [0.29, 0.717) is 18.1 Å². The number of benzene rings is 1. The average molecular weight is 270 g/mol. The van der Waals surface area contributed by atoms with Gasteiger partial charge in [0, 0.05) is 36.0 Å². The van der Waals surface area contributed by atoms with E-state index in [2.05, 4.69) is 10.3 Å². The topological polar surface area (TPSA) is 29.9 Å². The molecule has 0 aliphatic heterocycles. The molecule has 0 radical (unpaired) electrons. The monoisotopic (exact) mass is 269 g/mol. The number of aromatic nitrogens is 2. The van der Waals surface area contributed by atoms with Crippen molar-refractivity contribution in [3.63, 3.8) is 0 Å². The highest BCUT2D eigenvalue weighted by Gasteiger charge is 2.02. The molecular weight excluding hydrogens is 257 g/mol. The summed E-state index contributed by atoms with van der Waals surface area (Å²) in [6, 6.07) is 5.46. The molecule has 5 heteroatoms. The minimum Gasteiger partial charge on any atom is -0.337 e. The Balaban J connectivity index is 1.94. The summed E-state index contributed by atoms with van der Waals surface area (Å²) in [6.07, 6.45) is 3.70. The SMILES string of the molecule is Cn1ccnc1CNCc1cc(Cl)ccc1Cl. The summed E-state index contributed by atoms with van der Waals surface area (Å²) in [7, 11) is 1.97. The third-order valence-corrected chi connectivity index (χ3v) is 3.13. The zero-order chi connectivity index (χ0) is 12.3. The molecule has 0 aliphatic carbocycles. The summed E-state index contributed by atoms with van der Waals surface area (Å²) in [5.74, 6) is 0.989. The predicted octanol–water partition coefficient (Wildman–Crippen LogP) is 3.02. The summed E-state index contributed by atoms with van der Waals surface area (Å²) >= 11 is 12.0. The van der Waals surface area contributed by atoms with E-state index in [9.17, 15) is 0 Å². The van der Waals surface area contributed by atoms with Crippen molar-refractivity contribution in [1.82, 2.24) is 14.9 Å². The summed E-state index contributed by atoms with van der Waals surface area (Å²) in [5.41, 5.74) is 0.994. The van der Waals surface area contributed by atoms with Gasteiger partial charge in [0.2, 0.25) is 0 Å². The van der Waals surface area contributed by atoms with Crippen molar-refractivity contribution in [1.29, 1.82) is 0 Å². The van der Waals surface area contributed by atoms with Crippen molar-refractivity contribution < 1.29 is 0 Å². The Labute approximate surface area is 110 Å². The molecule has 3 nitrogen and oxygen atoms in total. The Morgan fingerprint density at radius 2 is 2.12 bits per heavy atom. The Hall–Kier alpha value is -1.03. The van der Waals surface area contributed by atoms with Crippen LogP contribution in [0.1, 0.15) is 11.4 Å². The highest BCUT2D eigenvalue weighted by atomic mass is 35.5. The van der Waals surface area contributed by atoms with Crippen molar-refractivity contribution in [3.05, 3.63) is 52.0 Å². The molecule has 0 amide bonds. The van der Waals surface area contributed by atoms with Gasteiger partial charge < -0.3 is 9.88 Å². The fourth-order valence-electron chi connectivity index (χ4n) is 1.55. The fourth-order valence-corrected chi connectivity index (χ4v) is 1.93. The number of hydrogen-bond donors (Lipinski definition) is 1. The van der Waals surface area contributed by atoms with Crippen molar-refractivity contribution in [2.75, 3.05) is 0 Å². The number of rotatable bonds is 4. The largest absolute Gasteiger partial charge is 0.337 e. The lowest BCUT2D eigenvalue weighted by molar-refractivity contribution is 0.639. The predicted molar refractivity (Wildman–Crippen MR) is 70.2 cm³/mol. The van der Waals surface area contributed by atoms with Crippen LogP contribution in [0, 0.1) is 0 Å². The first-order chi connectivity index (χ1) is 8.16. The smallest absolute Gasteiger partial charge is 0.122 e. The first-order valence-electron chi connectivity index (χ1n) is 5.27. The van der Waals surface area contributed by atoms with Crippen molar-refractivity contribution in [2.24, 2.45) is 7.05 Å². The van der Waals surface area contributed by atoms with Gasteiger partial charge in [0.1, 0.15) is 5.82 Å². The lowest BCUT2D eigenvalue weighted by atomic mass is 10.2. The minimum atomic E-state index is 0.673. The van der Waals surface area contributed by atoms with Crippen LogP contribution in [-0.4, -0.2) is 9.55 Å². The number of nitrogens with zero attached hydrogens (tertiary/aromatic N) is 2. The molecule has 0 spiro atoms. The van der Waals surface area contributed by atoms with Crippen LogP contribution in [0.5, 0.6) is 0 Å². The molecule has 0 unspecified atom stereocenters. The third kappa shape index (κ3) is 3.22. The van der Waals surface area contributed by atoms with Gasteiger partial charge in [0.25, 0.3) is 0 Å². The van der Waals surface area contributed by atoms with E-state index in [4.69, 9.17) is 23.2 Å². The van der Waals surface area contributed by atoms with E-state index < -0.39 is 0 Å². The number of halogens is 2. The van der Waals surface area contributed by atoms with Crippen LogP contribution in [-0.2, 0) is 20.1 Å². The fraction of sp³-hybridized carbons (Fsp3) is 0.250. The molecule has 0 aliphatic rings. The second-order valence-corrected chi connectivity index (χ2v) is 4.64. The van der Waals surface area contributed by atoms with Gasteiger partial charge in [-0.1, -0.05) is 23.2 Å². The number of imidazole rings is 1. The molecule has 0 fully saturated rings. The summed E-state index contributed by atoms with van der Waals surface area (Å²) in [4.78, 5) is 4.23. The maximum Gasteiger partial charge on any atom is 0.122 e. The van der Waals surface area contributed by atoms with Crippen molar-refractivity contribution in [2.45, 2.75) is 13.1 Å². The summed E-state index contributed by atoms with van der Waals surface area (Å²) < 4.78 is 1.98. The zero-order valence-electron chi connectivity index (χ0n) is 9.45. The van der Waals surface area contributed by atoms with Crippen LogP contribution in [0.3, 0.4) is 0 Å². The molecule has 1 aromatic carbocycles. The highest BCUT2D eigenvalue weighted by Crippen LogP contribution is 2.20. The van der Waals surface area contributed by atoms with E-state index in [1.54, 1.807) is 12.3 Å². The Bertz CT molecular complexity index is 508. The molecule has 2 aromatic rings. The van der Waals surface area contributed by atoms with Gasteiger partial charge in [0.15, 0.2) is 0 Å². The number of aryl methyl sites for hydroxylation is 1. The van der Waals surface area contributed by atoms with E-state index in [0.717, 1.165) is 16.4 Å². The second-order valence-electron chi connectivity index (χ2n) is 3.79. The van der Waals surface area contributed by atoms with Gasteiger partial charge in [-0.15, -0.1) is 0 Å². The Kier molecular flexibility index (Phi) is 4.05. The minimum absolute atomic E-state index is 0.673. The summed E-state index contributed by atoms with van der Waals surface area (Å²) in [5, 5.41) is 4.71. The van der Waals surface area contributed by atoms with Crippen molar-refractivity contribution in [3.8, 4) is 0 Å². The molecule has 90 valence electrons. The molecule has 1 heterocycles. The molecule has 0 bridgehead atoms. The summed E-state index contributed by atoms with van der Waals surface area (Å²) in [6.45, 7) is 1.37. The molecule has 2 rings (SSSR count). The maximum absolute atomic E-state index is 6.07. The maximum atomic E-state index is 6.07. The molecule has 0 saturated carbocycles. The molecule has 0 atom stereocenters. The van der Waals surface area contributed by atoms with Gasteiger partial charge in [-0.2, -0.15) is 0 Å². The number of nitrogens with one attached hydrogen (secondary N) is 1. The molecule has 1 aromatic heterocycles. The third-order valence-electron chi connectivity index (χ3n) is 2.53. The van der Waals surface area contributed by atoms with Crippen molar-refractivity contribution >= 4 is 23.2 Å². The highest BCUT2D eigenvalue weighted by molar-refractivity contribution is 6.33. The van der Waals surface area contributed by atoms with Crippen LogP contribution < -0.4 is 5.32 Å². The van der Waals surface area contributed by atoms with Gasteiger partial charge in [-0.3, -0.25) is 0 Å². The van der Waals surface area contributed by atoms with Crippen LogP contribution >= 0.6 is 23.2 Å². The number of hydrogen-bond acceptors (Lipinski definition) is 2. The molecular formula is C12H13Cl2N3. The standard InChI is InChI=1S/C12H13Cl2N3/c1-17-5-4-16-12(17)8-15-7-9-6-10(13)2-3-11(9)14/h2-6,15H,7-8H2,1H3. The van der Waals surface area contributed by atoms with Gasteiger partial charge in [0.05, 0.1) is 6.54 Å². The lowest BCUT2D eigenvalue weighted by Gasteiger charge is -2.07. The molecule has 1 N–H and O–H groups in total. The van der Waals surface area contributed by atoms with E-state index >= 15 is 0 Å². The zero-order valence-corrected chi connectivity index (χ0v) is 11.0. The molecule has 0 saturated heterocycles. The van der Waals surface area contributed by atoms with Crippen LogP contribution in [0.2, 0.25) is 10.0 Å². The van der Waals surface area contributed by atoms with E-state index in [1.807, 2.05) is 29.9 Å². The van der Waals surface area contributed by atoms with Gasteiger partial charge in [-0.05, 0) is 23.8 Å². The normalized spacial score (nSPS) is 10.8. The van der Waals surface area contributed by atoms with Crippen LogP contribution in [0.15, 0.2) is 30.6 Å². The van der Waals surface area contributed by atoms with E-state index in [1.165, 1.54) is 0 Å². The Morgan fingerprint density at radius 1 is 1.29 bits per heavy atom.